The molecule has 3 N–H and O–H groups in total. The summed E-state index contributed by atoms with van der Waals surface area (Å²) in [5.41, 5.74) is 8.28. The number of amidine groups is 1. The molecule has 0 aliphatic heterocycles. The molecule has 3 nitrogen and oxygen atoms in total. The Bertz CT molecular complexity index is 550. The van der Waals surface area contributed by atoms with Gasteiger partial charge in [0, 0.05) is 0 Å². The molecule has 2 aromatic rings. The van der Waals surface area contributed by atoms with Gasteiger partial charge in [-0.2, -0.15) is 0 Å². The zero-order chi connectivity index (χ0) is 13.0. The van der Waals surface area contributed by atoms with E-state index in [1.807, 2.05) is 49.4 Å². The molecule has 0 aliphatic carbocycles. The van der Waals surface area contributed by atoms with E-state index in [4.69, 9.17) is 15.9 Å². The van der Waals surface area contributed by atoms with Crippen LogP contribution < -0.4 is 10.5 Å². The molecule has 0 atom stereocenters. The molecule has 2 aromatic carbocycles. The molecule has 92 valence electrons. The highest BCUT2D eigenvalue weighted by atomic mass is 16.5. The summed E-state index contributed by atoms with van der Waals surface area (Å²) in [5, 5.41) is 7.55. The van der Waals surface area contributed by atoms with Crippen LogP contribution in [0.5, 0.6) is 5.75 Å². The molecule has 0 saturated heterocycles. The molecule has 3 heteroatoms. The maximum atomic E-state index is 7.55. The molecule has 0 aromatic heterocycles. The van der Waals surface area contributed by atoms with E-state index in [1.165, 1.54) is 0 Å². The summed E-state index contributed by atoms with van der Waals surface area (Å²) >= 11 is 0. The van der Waals surface area contributed by atoms with Gasteiger partial charge in [0.25, 0.3) is 0 Å². The minimum Gasteiger partial charge on any atom is -0.488 e. The highest BCUT2D eigenvalue weighted by Crippen LogP contribution is 2.24. The first kappa shape index (κ1) is 12.2. The average Bonchev–Trinajstić information content (AvgIpc) is 2.38. The van der Waals surface area contributed by atoms with Crippen molar-refractivity contribution in [3.63, 3.8) is 0 Å². The second-order valence-electron chi connectivity index (χ2n) is 4.14. The molecule has 0 heterocycles. The summed E-state index contributed by atoms with van der Waals surface area (Å²) in [6.45, 7) is 2.43. The van der Waals surface area contributed by atoms with Crippen molar-refractivity contribution in [2.45, 2.75) is 13.5 Å². The zero-order valence-corrected chi connectivity index (χ0v) is 10.3. The van der Waals surface area contributed by atoms with Gasteiger partial charge in [0.1, 0.15) is 18.2 Å². The van der Waals surface area contributed by atoms with E-state index in [0.29, 0.717) is 17.9 Å². The smallest absolute Gasteiger partial charge is 0.133 e. The predicted molar refractivity (Wildman–Crippen MR) is 73.0 cm³/mol. The zero-order valence-electron chi connectivity index (χ0n) is 10.3. The third-order valence-electron chi connectivity index (χ3n) is 2.73. The normalized spacial score (nSPS) is 10.1. The molecular formula is C15H16N2O. The van der Waals surface area contributed by atoms with Crippen LogP contribution >= 0.6 is 0 Å². The highest BCUT2D eigenvalue weighted by molar-refractivity contribution is 5.98. The van der Waals surface area contributed by atoms with Gasteiger partial charge in [-0.3, -0.25) is 5.41 Å². The average molecular weight is 240 g/mol. The Kier molecular flexibility index (Phi) is 3.63. The maximum Gasteiger partial charge on any atom is 0.133 e. The van der Waals surface area contributed by atoms with Crippen LogP contribution in [-0.2, 0) is 6.61 Å². The minimum atomic E-state index is 0.0294. The predicted octanol–water partition coefficient (Wildman–Crippen LogP) is 2.86. The number of para-hydroxylation sites is 1. The monoisotopic (exact) mass is 240 g/mol. The van der Waals surface area contributed by atoms with Crippen molar-refractivity contribution >= 4 is 5.84 Å². The van der Waals surface area contributed by atoms with Crippen LogP contribution in [0.1, 0.15) is 16.7 Å². The van der Waals surface area contributed by atoms with Crippen LogP contribution in [0.3, 0.4) is 0 Å². The molecule has 0 spiro atoms. The molecule has 18 heavy (non-hydrogen) atoms. The summed E-state index contributed by atoms with van der Waals surface area (Å²) in [6.07, 6.45) is 0. The highest BCUT2D eigenvalue weighted by Gasteiger charge is 2.09. The molecule has 2 rings (SSSR count). The Labute approximate surface area is 107 Å². The lowest BCUT2D eigenvalue weighted by atomic mass is 10.1. The summed E-state index contributed by atoms with van der Waals surface area (Å²) in [5.74, 6) is 0.718. The fourth-order valence-corrected chi connectivity index (χ4v) is 1.79. The van der Waals surface area contributed by atoms with Crippen molar-refractivity contribution < 1.29 is 4.74 Å². The summed E-state index contributed by atoms with van der Waals surface area (Å²) in [4.78, 5) is 0. The number of nitrogen functional groups attached to an aromatic ring is 1. The number of rotatable bonds is 4. The van der Waals surface area contributed by atoms with Gasteiger partial charge in [-0.05, 0) is 24.1 Å². The van der Waals surface area contributed by atoms with Gasteiger partial charge >= 0.3 is 0 Å². The van der Waals surface area contributed by atoms with Gasteiger partial charge in [-0.1, -0.05) is 42.5 Å². The van der Waals surface area contributed by atoms with Crippen LogP contribution in [0.2, 0.25) is 0 Å². The molecule has 0 amide bonds. The number of aryl methyl sites for hydroxylation is 1. The largest absolute Gasteiger partial charge is 0.488 e. The van der Waals surface area contributed by atoms with E-state index >= 15 is 0 Å². The standard InChI is InChI=1S/C15H16N2O/c1-11-6-5-9-13(15(16)17)14(11)18-10-12-7-3-2-4-8-12/h2-9H,10H2,1H3,(H3,16,17). The maximum absolute atomic E-state index is 7.55. The Morgan fingerprint density at radius 1 is 1.11 bits per heavy atom. The first-order valence-corrected chi connectivity index (χ1v) is 5.79. The van der Waals surface area contributed by atoms with E-state index in [2.05, 4.69) is 0 Å². The van der Waals surface area contributed by atoms with Crippen molar-refractivity contribution in [2.75, 3.05) is 0 Å². The van der Waals surface area contributed by atoms with Crippen LogP contribution in [0.4, 0.5) is 0 Å². The Morgan fingerprint density at radius 2 is 1.83 bits per heavy atom. The first-order chi connectivity index (χ1) is 8.68. The second kappa shape index (κ2) is 5.36. The number of hydrogen-bond acceptors (Lipinski definition) is 2. The number of nitrogens with one attached hydrogen (secondary N) is 1. The van der Waals surface area contributed by atoms with Gasteiger partial charge in [0.2, 0.25) is 0 Å². The van der Waals surface area contributed by atoms with Gasteiger partial charge < -0.3 is 10.5 Å². The van der Waals surface area contributed by atoms with E-state index < -0.39 is 0 Å². The summed E-state index contributed by atoms with van der Waals surface area (Å²) < 4.78 is 5.79. The summed E-state index contributed by atoms with van der Waals surface area (Å²) in [6, 6.07) is 15.6. The molecule has 0 fully saturated rings. The van der Waals surface area contributed by atoms with Crippen LogP contribution in [-0.4, -0.2) is 5.84 Å². The van der Waals surface area contributed by atoms with Gasteiger partial charge in [0.15, 0.2) is 0 Å². The Hall–Kier alpha value is -2.29. The quantitative estimate of drug-likeness (QED) is 0.637. The Balaban J connectivity index is 2.21. The van der Waals surface area contributed by atoms with Gasteiger partial charge in [-0.25, -0.2) is 0 Å². The van der Waals surface area contributed by atoms with Crippen molar-refractivity contribution in [1.82, 2.24) is 0 Å². The van der Waals surface area contributed by atoms with E-state index in [0.717, 1.165) is 11.1 Å². The third kappa shape index (κ3) is 2.69. The van der Waals surface area contributed by atoms with Crippen molar-refractivity contribution in [1.29, 1.82) is 5.41 Å². The molecule has 0 aliphatic rings. The lowest BCUT2D eigenvalue weighted by molar-refractivity contribution is 0.303. The van der Waals surface area contributed by atoms with E-state index in [1.54, 1.807) is 6.07 Å². The first-order valence-electron chi connectivity index (χ1n) is 5.79. The van der Waals surface area contributed by atoms with Crippen molar-refractivity contribution in [2.24, 2.45) is 5.73 Å². The fourth-order valence-electron chi connectivity index (χ4n) is 1.79. The van der Waals surface area contributed by atoms with Crippen molar-refractivity contribution in [3.8, 4) is 5.75 Å². The van der Waals surface area contributed by atoms with Crippen LogP contribution in [0.15, 0.2) is 48.5 Å². The molecular weight excluding hydrogens is 224 g/mol. The lowest BCUT2D eigenvalue weighted by Crippen LogP contribution is -2.13. The number of nitrogens with two attached hydrogens (primary N) is 1. The number of hydrogen-bond donors (Lipinski definition) is 2. The summed E-state index contributed by atoms with van der Waals surface area (Å²) in [7, 11) is 0. The van der Waals surface area contributed by atoms with Crippen LogP contribution in [0, 0.1) is 12.3 Å². The van der Waals surface area contributed by atoms with E-state index in [-0.39, 0.29) is 5.84 Å². The van der Waals surface area contributed by atoms with Gasteiger partial charge in [0.05, 0.1) is 5.56 Å². The van der Waals surface area contributed by atoms with Crippen molar-refractivity contribution in [3.05, 3.63) is 65.2 Å². The molecule has 0 unspecified atom stereocenters. The van der Waals surface area contributed by atoms with E-state index in [9.17, 15) is 0 Å². The SMILES string of the molecule is Cc1cccc(C(=N)N)c1OCc1ccccc1. The topological polar surface area (TPSA) is 59.1 Å². The van der Waals surface area contributed by atoms with Gasteiger partial charge in [-0.15, -0.1) is 0 Å². The third-order valence-corrected chi connectivity index (χ3v) is 2.73. The number of ether oxygens (including phenoxy) is 1. The van der Waals surface area contributed by atoms with Crippen LogP contribution in [0.25, 0.3) is 0 Å². The second-order valence-corrected chi connectivity index (χ2v) is 4.14. The minimum absolute atomic E-state index is 0.0294. The fraction of sp³-hybridized carbons (Fsp3) is 0.133. The lowest BCUT2D eigenvalue weighted by Gasteiger charge is -2.13. The number of benzene rings is 2. The Morgan fingerprint density at radius 3 is 2.50 bits per heavy atom. The molecule has 0 bridgehead atoms. The molecule has 0 saturated carbocycles. The molecule has 0 radical (unpaired) electrons.